The van der Waals surface area contributed by atoms with Gasteiger partial charge >= 0.3 is 5.97 Å². The third-order valence-electron chi connectivity index (χ3n) is 16.2. The topological polar surface area (TPSA) is 175 Å². The van der Waals surface area contributed by atoms with Crippen LogP contribution in [0.3, 0.4) is 0 Å². The summed E-state index contributed by atoms with van der Waals surface area (Å²) in [5.41, 5.74) is 7.97. The number of imide groups is 1. The largest absolute Gasteiger partial charge is 0.490 e. The Morgan fingerprint density at radius 1 is 0.872 bits per heavy atom. The third kappa shape index (κ3) is 10.7. The molecule has 7 aromatic rings. The zero-order valence-electron chi connectivity index (χ0n) is 44.7. The molecule has 2 saturated heterocycles. The maximum atomic E-state index is 15.9. The number of halogens is 2. The lowest BCUT2D eigenvalue weighted by molar-refractivity contribution is -0.134. The van der Waals surface area contributed by atoms with Crippen LogP contribution in [0.2, 0.25) is 0 Å². The summed E-state index contributed by atoms with van der Waals surface area (Å²) in [6.45, 7) is 10.9. The number of anilines is 3. The lowest BCUT2D eigenvalue weighted by Gasteiger charge is -2.38. The van der Waals surface area contributed by atoms with Gasteiger partial charge in [0.05, 0.1) is 45.7 Å². The Bertz CT molecular complexity index is 3450. The number of carboxylic acids is 1. The molecular weight excluding hydrogens is 1010 g/mol. The average Bonchev–Trinajstić information content (AvgIpc) is 3.99. The Morgan fingerprint density at radius 3 is 2.37 bits per heavy atom. The van der Waals surface area contributed by atoms with E-state index in [9.17, 15) is 24.3 Å². The molecule has 3 N–H and O–H groups in total. The summed E-state index contributed by atoms with van der Waals surface area (Å²) < 4.78 is 41.3. The Balaban J connectivity index is 0.728. The molecule has 3 amide bonds. The lowest BCUT2D eigenvalue weighted by Crippen LogP contribution is -2.50. The number of rotatable bonds is 13. The molecule has 11 rings (SSSR count). The minimum absolute atomic E-state index is 0.0712. The number of para-hydroxylation sites is 2. The molecule has 6 heterocycles. The number of ether oxygens (including phenoxy) is 1. The number of hydrogen-bond acceptors (Lipinski definition) is 12. The normalized spacial score (nSPS) is 19.5. The van der Waals surface area contributed by atoms with Gasteiger partial charge in [-0.25, -0.2) is 23.5 Å². The first kappa shape index (κ1) is 52.7. The number of nitrogens with zero attached hydrogens (tertiary/aromatic N) is 7. The number of amides is 3. The standard InChI is InChI=1S/C60H65F2N9O6S/c1-35-39(51-44(59(2,3)4)31-49(64-53(51)57(75)76)71-26-25-37-11-8-13-40(43(37)33-71)55(73)66-58-63-45-15-6-7-18-48(45)78-58)12-10-17-47(35)77-38-21-19-36(20-22-38)32-60(61,62)34-69-27-29-70(30-28-69)46-16-9-14-41-52(67-68(5)54(41)46)42-23-24-50(72)65-56(42)74/h6-18,31,36,38,42H,19-30,32-34H2,1-5H3,(H,75,76)(H,63,66,73)(H,65,72,74). The fourth-order valence-corrected chi connectivity index (χ4v) is 13.1. The quantitative estimate of drug-likeness (QED) is 0.0934. The third-order valence-corrected chi connectivity index (χ3v) is 17.2. The Labute approximate surface area is 456 Å². The van der Waals surface area contributed by atoms with E-state index < -0.39 is 23.2 Å². The molecule has 1 atom stereocenters. The second kappa shape index (κ2) is 21.1. The van der Waals surface area contributed by atoms with E-state index in [1.165, 1.54) is 11.3 Å². The minimum Gasteiger partial charge on any atom is -0.490 e. The van der Waals surface area contributed by atoms with Crippen molar-refractivity contribution in [2.45, 2.75) is 109 Å². The summed E-state index contributed by atoms with van der Waals surface area (Å²) in [7, 11) is 1.85. The molecule has 0 bridgehead atoms. The first-order chi connectivity index (χ1) is 37.4. The number of piperidine rings is 1. The van der Waals surface area contributed by atoms with E-state index in [0.29, 0.717) is 117 Å². The van der Waals surface area contributed by atoms with E-state index in [2.05, 4.69) is 46.2 Å². The number of aryl methyl sites for hydroxylation is 1. The number of carbonyl (C=O) groups is 4. The van der Waals surface area contributed by atoms with Crippen molar-refractivity contribution in [2.24, 2.45) is 13.0 Å². The predicted molar refractivity (Wildman–Crippen MR) is 299 cm³/mol. The zero-order chi connectivity index (χ0) is 54.6. The van der Waals surface area contributed by atoms with E-state index >= 15 is 8.78 Å². The number of carboxylic acid groups (broad SMARTS) is 1. The van der Waals surface area contributed by atoms with Gasteiger partial charge in [-0.1, -0.05) is 80.6 Å². The SMILES string of the molecule is Cc1c(OC2CCC(CC(F)(F)CN3CCN(c4cccc5c(C6CCC(=O)NC6=O)nn(C)c45)CC3)CC2)cccc1-c1c(C(C)(C)C)cc(N2CCc3cccc(C(=O)Nc4nc5ccccc5s4)c3C2)nc1C(=O)O. The molecule has 0 radical (unpaired) electrons. The lowest BCUT2D eigenvalue weighted by atomic mass is 9.80. The zero-order valence-corrected chi connectivity index (χ0v) is 45.5. The molecule has 78 heavy (non-hydrogen) atoms. The molecule has 18 heteroatoms. The number of aromatic nitrogens is 4. The molecule has 1 aliphatic carbocycles. The molecule has 1 saturated carbocycles. The van der Waals surface area contributed by atoms with Crippen LogP contribution in [0, 0.1) is 12.8 Å². The summed E-state index contributed by atoms with van der Waals surface area (Å²) in [5.74, 6) is -4.40. The van der Waals surface area contributed by atoms with Crippen LogP contribution < -0.4 is 25.2 Å². The van der Waals surface area contributed by atoms with Crippen LogP contribution in [0.5, 0.6) is 5.75 Å². The highest BCUT2D eigenvalue weighted by atomic mass is 32.1. The maximum Gasteiger partial charge on any atom is 0.355 e. The maximum absolute atomic E-state index is 15.9. The number of fused-ring (bicyclic) bond motifs is 3. The van der Waals surface area contributed by atoms with Crippen LogP contribution in [-0.4, -0.2) is 105 Å². The van der Waals surface area contributed by atoms with Crippen LogP contribution in [0.4, 0.5) is 25.4 Å². The summed E-state index contributed by atoms with van der Waals surface area (Å²) in [6, 6.07) is 27.1. The Kier molecular flexibility index (Phi) is 14.3. The van der Waals surface area contributed by atoms with Crippen molar-refractivity contribution in [3.05, 3.63) is 124 Å². The molecule has 406 valence electrons. The molecule has 4 aliphatic rings. The highest BCUT2D eigenvalue weighted by molar-refractivity contribution is 7.22. The number of benzene rings is 4. The van der Waals surface area contributed by atoms with Crippen LogP contribution in [0.1, 0.15) is 120 Å². The van der Waals surface area contributed by atoms with Crippen molar-refractivity contribution in [1.29, 1.82) is 0 Å². The van der Waals surface area contributed by atoms with E-state index in [1.54, 1.807) is 4.68 Å². The first-order valence-electron chi connectivity index (χ1n) is 27.1. The molecular formula is C60H65F2N9O6S. The Hall–Kier alpha value is -7.31. The van der Waals surface area contributed by atoms with E-state index in [1.807, 2.05) is 104 Å². The average molecular weight is 1080 g/mol. The predicted octanol–water partition coefficient (Wildman–Crippen LogP) is 10.7. The van der Waals surface area contributed by atoms with Crippen molar-refractivity contribution >= 4 is 72.8 Å². The highest BCUT2D eigenvalue weighted by Crippen LogP contribution is 2.43. The molecule has 15 nitrogen and oxygen atoms in total. The summed E-state index contributed by atoms with van der Waals surface area (Å²) in [5, 5.41) is 22.5. The monoisotopic (exact) mass is 1080 g/mol. The van der Waals surface area contributed by atoms with Gasteiger partial charge in [0.1, 0.15) is 11.6 Å². The van der Waals surface area contributed by atoms with Gasteiger partial charge in [-0.05, 0) is 121 Å². The first-order valence-corrected chi connectivity index (χ1v) is 27.9. The highest BCUT2D eigenvalue weighted by Gasteiger charge is 2.39. The van der Waals surface area contributed by atoms with Crippen molar-refractivity contribution in [3.63, 3.8) is 0 Å². The molecule has 3 aliphatic heterocycles. The number of carbonyl (C=O) groups excluding carboxylic acids is 3. The van der Waals surface area contributed by atoms with E-state index in [-0.39, 0.29) is 54.8 Å². The number of alkyl halides is 2. The van der Waals surface area contributed by atoms with Crippen molar-refractivity contribution < 1.29 is 37.8 Å². The van der Waals surface area contributed by atoms with Gasteiger partial charge in [-0.2, -0.15) is 5.10 Å². The molecule has 0 spiro atoms. The number of piperazine rings is 1. The molecule has 4 aromatic carbocycles. The van der Waals surface area contributed by atoms with Gasteiger partial charge in [0.2, 0.25) is 11.8 Å². The van der Waals surface area contributed by atoms with Crippen LogP contribution in [0.15, 0.2) is 84.9 Å². The fourth-order valence-electron chi connectivity index (χ4n) is 12.2. The summed E-state index contributed by atoms with van der Waals surface area (Å²) in [6.07, 6.45) is 3.42. The van der Waals surface area contributed by atoms with Gasteiger partial charge in [0.15, 0.2) is 10.8 Å². The van der Waals surface area contributed by atoms with Crippen LogP contribution in [0.25, 0.3) is 32.2 Å². The van der Waals surface area contributed by atoms with Gasteiger partial charge in [0.25, 0.3) is 11.8 Å². The number of pyridine rings is 1. The molecule has 3 fully saturated rings. The number of aromatic carboxylic acids is 1. The van der Waals surface area contributed by atoms with Gasteiger partial charge in [-0.15, -0.1) is 0 Å². The second-order valence-electron chi connectivity index (χ2n) is 22.6. The number of thiazole rings is 1. The van der Waals surface area contributed by atoms with E-state index in [0.717, 1.165) is 49.1 Å². The fraction of sp³-hybridized carbons (Fsp3) is 0.417. The van der Waals surface area contributed by atoms with Crippen molar-refractivity contribution in [2.75, 3.05) is 54.4 Å². The van der Waals surface area contributed by atoms with E-state index in [4.69, 9.17) is 14.8 Å². The van der Waals surface area contributed by atoms with Gasteiger partial charge < -0.3 is 19.6 Å². The summed E-state index contributed by atoms with van der Waals surface area (Å²) in [4.78, 5) is 67.4. The number of nitrogens with one attached hydrogen (secondary N) is 2. The van der Waals surface area contributed by atoms with Crippen molar-refractivity contribution in [3.8, 4) is 16.9 Å². The smallest absolute Gasteiger partial charge is 0.355 e. The Morgan fingerprint density at radius 2 is 1.63 bits per heavy atom. The summed E-state index contributed by atoms with van der Waals surface area (Å²) >= 11 is 1.42. The van der Waals surface area contributed by atoms with Crippen molar-refractivity contribution in [1.82, 2.24) is 30.0 Å². The van der Waals surface area contributed by atoms with Gasteiger partial charge in [0, 0.05) is 75.7 Å². The molecule has 1 unspecified atom stereocenters. The second-order valence-corrected chi connectivity index (χ2v) is 23.6. The minimum atomic E-state index is -2.86. The van der Waals surface area contributed by atoms with Crippen LogP contribution >= 0.6 is 11.3 Å². The van der Waals surface area contributed by atoms with Gasteiger partial charge in [-0.3, -0.25) is 34.6 Å². The van der Waals surface area contributed by atoms with Crippen LogP contribution in [-0.2, 0) is 35.0 Å². The number of hydrogen-bond donors (Lipinski definition) is 3. The molecule has 3 aromatic heterocycles.